The first-order valence-electron chi connectivity index (χ1n) is 17.3. The Bertz CT molecular complexity index is 1720. The van der Waals surface area contributed by atoms with Crippen molar-refractivity contribution in [3.63, 3.8) is 0 Å². The maximum atomic E-state index is 14.5. The van der Waals surface area contributed by atoms with E-state index in [-0.39, 0.29) is 41.3 Å². The number of benzene rings is 1. The zero-order valence-electron chi connectivity index (χ0n) is 28.3. The molecule has 3 aliphatic heterocycles. The van der Waals surface area contributed by atoms with Crippen LogP contribution in [0.5, 0.6) is 17.2 Å². The number of aromatic nitrogens is 3. The molecule has 2 saturated heterocycles. The van der Waals surface area contributed by atoms with E-state index in [4.69, 9.17) is 9.47 Å². The van der Waals surface area contributed by atoms with Crippen molar-refractivity contribution in [1.82, 2.24) is 30.1 Å². The van der Waals surface area contributed by atoms with Gasteiger partial charge in [0.25, 0.3) is 11.8 Å². The summed E-state index contributed by atoms with van der Waals surface area (Å²) in [5, 5.41) is 3.37. The summed E-state index contributed by atoms with van der Waals surface area (Å²) in [7, 11) is 0. The van der Waals surface area contributed by atoms with E-state index in [1.165, 1.54) is 35.1 Å². The minimum Gasteiger partial charge on any atom is -0.490 e. The van der Waals surface area contributed by atoms with Crippen LogP contribution in [0.3, 0.4) is 0 Å². The second-order valence-electron chi connectivity index (χ2n) is 14.9. The molecule has 50 heavy (non-hydrogen) atoms. The molecule has 0 atom stereocenters. The van der Waals surface area contributed by atoms with Crippen molar-refractivity contribution in [3.8, 4) is 17.2 Å². The molecule has 2 aliphatic carbocycles. The standard InChI is InChI=1S/C36H42F3N7O3.ClH/c1-22(2)46(25-10-36(38,39)11-25)34(47)27-9-24(37)3-4-30(27)49-32-16-41-21-43-33(32)45-19-35(20-45)12-26(13-35)48-31-5-7-42-29-6-8-44(18-28(29)31)17-23-14-40-15-23;/h3-5,7,9,16,21-23,25-26,40H,6,8,10-15,17-20H2,1-2H3;1H. The Labute approximate surface area is 296 Å². The molecule has 5 heterocycles. The van der Waals surface area contributed by atoms with E-state index in [1.54, 1.807) is 13.8 Å². The Balaban J connectivity index is 0.00000392. The lowest BCUT2D eigenvalue weighted by Gasteiger charge is -2.59. The minimum atomic E-state index is -2.80. The van der Waals surface area contributed by atoms with Crippen LogP contribution in [0.15, 0.2) is 43.0 Å². The molecule has 2 saturated carbocycles. The summed E-state index contributed by atoms with van der Waals surface area (Å²) in [5.74, 6) is -1.26. The Morgan fingerprint density at radius 1 is 1.08 bits per heavy atom. The third-order valence-corrected chi connectivity index (χ3v) is 10.8. The van der Waals surface area contributed by atoms with Gasteiger partial charge >= 0.3 is 0 Å². The number of amides is 1. The van der Waals surface area contributed by atoms with Gasteiger partial charge in [-0.25, -0.2) is 23.1 Å². The summed E-state index contributed by atoms with van der Waals surface area (Å²) in [6.45, 7) is 10.3. The Kier molecular flexibility index (Phi) is 9.36. The molecule has 1 aromatic carbocycles. The first-order chi connectivity index (χ1) is 23.5. The van der Waals surface area contributed by atoms with Crippen molar-refractivity contribution in [2.75, 3.05) is 44.2 Å². The van der Waals surface area contributed by atoms with Gasteiger partial charge in [-0.2, -0.15) is 0 Å². The van der Waals surface area contributed by atoms with E-state index in [9.17, 15) is 18.0 Å². The maximum absolute atomic E-state index is 14.5. The SMILES string of the molecule is CC(C)N(C(=O)c1cc(F)ccc1Oc1cncnc1N1CC2(CC(Oc3ccnc4c3CN(CC3CNC3)CC4)C2)C1)C1CC(F)(F)C1.Cl. The van der Waals surface area contributed by atoms with Gasteiger partial charge in [0.15, 0.2) is 11.6 Å². The molecule has 1 N–H and O–H groups in total. The van der Waals surface area contributed by atoms with E-state index in [2.05, 4.69) is 30.1 Å². The van der Waals surface area contributed by atoms with Crippen LogP contribution in [0.25, 0.3) is 0 Å². The highest BCUT2D eigenvalue weighted by Crippen LogP contribution is 2.52. The summed E-state index contributed by atoms with van der Waals surface area (Å²) in [6.07, 6.45) is 6.96. The molecule has 0 bridgehead atoms. The van der Waals surface area contributed by atoms with Gasteiger partial charge in [0.05, 0.1) is 11.8 Å². The summed E-state index contributed by atoms with van der Waals surface area (Å²) in [5.41, 5.74) is 2.45. The number of ether oxygens (including phenoxy) is 2. The first-order valence-corrected chi connectivity index (χ1v) is 17.3. The fourth-order valence-corrected chi connectivity index (χ4v) is 8.20. The highest BCUT2D eigenvalue weighted by Gasteiger charge is 2.54. The number of alkyl halides is 2. The van der Waals surface area contributed by atoms with Gasteiger partial charge in [-0.05, 0) is 56.9 Å². The van der Waals surface area contributed by atoms with Gasteiger partial charge in [0.2, 0.25) is 0 Å². The van der Waals surface area contributed by atoms with Crippen molar-refractivity contribution in [2.45, 2.75) is 76.6 Å². The fourth-order valence-electron chi connectivity index (χ4n) is 8.20. The van der Waals surface area contributed by atoms with Crippen LogP contribution >= 0.6 is 12.4 Å². The van der Waals surface area contributed by atoms with E-state index < -0.39 is 36.5 Å². The number of nitrogens with one attached hydrogen (secondary N) is 1. The topological polar surface area (TPSA) is 96.0 Å². The molecule has 4 fully saturated rings. The fraction of sp³-hybridized carbons (Fsp3) is 0.556. The number of halogens is 4. The van der Waals surface area contributed by atoms with Gasteiger partial charge in [-0.15, -0.1) is 12.4 Å². The Hall–Kier alpha value is -3.68. The molecular formula is C36H43ClF3N7O3. The van der Waals surface area contributed by atoms with Gasteiger partial charge < -0.3 is 24.6 Å². The number of rotatable bonds is 10. The predicted octanol–water partition coefficient (Wildman–Crippen LogP) is 5.50. The van der Waals surface area contributed by atoms with Gasteiger partial charge in [0, 0.05) is 100 Å². The molecule has 5 aliphatic rings. The number of hydrogen-bond acceptors (Lipinski definition) is 9. The van der Waals surface area contributed by atoms with Crippen molar-refractivity contribution < 1.29 is 27.4 Å². The van der Waals surface area contributed by atoms with Crippen LogP contribution in [-0.4, -0.2) is 94.0 Å². The lowest BCUT2D eigenvalue weighted by molar-refractivity contribution is -0.120. The lowest BCUT2D eigenvalue weighted by Crippen LogP contribution is -2.65. The number of carbonyl (C=O) groups is 1. The molecule has 2 aromatic heterocycles. The zero-order chi connectivity index (χ0) is 33.9. The van der Waals surface area contributed by atoms with E-state index in [0.717, 1.165) is 88.5 Å². The molecule has 1 spiro atoms. The predicted molar refractivity (Wildman–Crippen MR) is 183 cm³/mol. The summed E-state index contributed by atoms with van der Waals surface area (Å²) in [6, 6.07) is 4.72. The molecule has 14 heteroatoms. The molecular weight excluding hydrogens is 671 g/mol. The van der Waals surface area contributed by atoms with Crippen LogP contribution < -0.4 is 19.7 Å². The molecule has 10 nitrogen and oxygen atoms in total. The normalized spacial score (nSPS) is 21.3. The maximum Gasteiger partial charge on any atom is 0.258 e. The number of carbonyl (C=O) groups excluding carboxylic acids is 1. The van der Waals surface area contributed by atoms with E-state index in [0.29, 0.717) is 11.6 Å². The van der Waals surface area contributed by atoms with Crippen molar-refractivity contribution in [2.24, 2.45) is 11.3 Å². The average molecular weight is 714 g/mol. The quantitative estimate of drug-likeness (QED) is 0.293. The van der Waals surface area contributed by atoms with Crippen LogP contribution in [0.1, 0.15) is 61.1 Å². The monoisotopic (exact) mass is 713 g/mol. The van der Waals surface area contributed by atoms with Crippen LogP contribution in [0, 0.1) is 17.2 Å². The molecule has 1 amide bonds. The van der Waals surface area contributed by atoms with Crippen molar-refractivity contribution in [3.05, 3.63) is 65.6 Å². The van der Waals surface area contributed by atoms with Crippen LogP contribution in [0.4, 0.5) is 19.0 Å². The van der Waals surface area contributed by atoms with Crippen LogP contribution in [0.2, 0.25) is 0 Å². The summed E-state index contributed by atoms with van der Waals surface area (Å²) in [4.78, 5) is 33.1. The Morgan fingerprint density at radius 2 is 1.86 bits per heavy atom. The molecule has 0 unspecified atom stereocenters. The summed E-state index contributed by atoms with van der Waals surface area (Å²) < 4.78 is 54.8. The number of nitrogens with zero attached hydrogens (tertiary/aromatic N) is 6. The zero-order valence-corrected chi connectivity index (χ0v) is 29.1. The van der Waals surface area contributed by atoms with Crippen molar-refractivity contribution >= 4 is 24.1 Å². The molecule has 0 radical (unpaired) electrons. The third-order valence-electron chi connectivity index (χ3n) is 10.8. The smallest absolute Gasteiger partial charge is 0.258 e. The van der Waals surface area contributed by atoms with Crippen molar-refractivity contribution in [1.29, 1.82) is 0 Å². The highest BCUT2D eigenvalue weighted by atomic mass is 35.5. The summed E-state index contributed by atoms with van der Waals surface area (Å²) >= 11 is 0. The third kappa shape index (κ3) is 6.71. The number of anilines is 1. The molecule has 268 valence electrons. The molecule has 3 aromatic rings. The Morgan fingerprint density at radius 3 is 2.56 bits per heavy atom. The second kappa shape index (κ2) is 13.5. The van der Waals surface area contributed by atoms with Crippen LogP contribution in [-0.2, 0) is 13.0 Å². The van der Waals surface area contributed by atoms with Gasteiger partial charge in [-0.1, -0.05) is 0 Å². The highest BCUT2D eigenvalue weighted by molar-refractivity contribution is 5.97. The molecule has 8 rings (SSSR count). The lowest BCUT2D eigenvalue weighted by atomic mass is 9.61. The number of fused-ring (bicyclic) bond motifs is 1. The van der Waals surface area contributed by atoms with E-state index in [1.807, 2.05) is 12.3 Å². The second-order valence-corrected chi connectivity index (χ2v) is 14.9. The van der Waals surface area contributed by atoms with E-state index >= 15 is 0 Å². The largest absolute Gasteiger partial charge is 0.490 e. The number of pyridine rings is 1. The average Bonchev–Trinajstić information content (AvgIpc) is 3.00. The first kappa shape index (κ1) is 34.8. The minimum absolute atomic E-state index is 0. The van der Waals surface area contributed by atoms with Gasteiger partial charge in [0.1, 0.15) is 29.7 Å². The van der Waals surface area contributed by atoms with Gasteiger partial charge in [-0.3, -0.25) is 14.7 Å². The number of hydrogen-bond donors (Lipinski definition) is 1.